The van der Waals surface area contributed by atoms with Crippen molar-refractivity contribution >= 4 is 11.5 Å². The van der Waals surface area contributed by atoms with E-state index in [1.807, 2.05) is 12.1 Å². The Morgan fingerprint density at radius 3 is 2.94 bits per heavy atom. The second-order valence-corrected chi connectivity index (χ2v) is 4.49. The summed E-state index contributed by atoms with van der Waals surface area (Å²) >= 11 is 0. The first-order valence-corrected chi connectivity index (χ1v) is 5.68. The monoisotopic (exact) mass is 218 g/mol. The number of anilines is 1. The molecule has 1 aliphatic carbocycles. The molecule has 4 nitrogen and oxygen atoms in total. The molecule has 1 fully saturated rings. The Balaban J connectivity index is 2.06. The van der Waals surface area contributed by atoms with Gasteiger partial charge in [0.25, 0.3) is 0 Å². The van der Waals surface area contributed by atoms with Gasteiger partial charge in [-0.25, -0.2) is 0 Å². The molecule has 4 heteroatoms. The molecule has 0 spiro atoms. The van der Waals surface area contributed by atoms with E-state index in [4.69, 9.17) is 11.1 Å². The van der Waals surface area contributed by atoms with E-state index in [0.717, 1.165) is 18.2 Å². The van der Waals surface area contributed by atoms with E-state index < -0.39 is 0 Å². The zero-order valence-electron chi connectivity index (χ0n) is 9.61. The molecule has 0 radical (unpaired) electrons. The summed E-state index contributed by atoms with van der Waals surface area (Å²) in [5.74, 6) is 0.859. The third-order valence-corrected chi connectivity index (χ3v) is 3.22. The summed E-state index contributed by atoms with van der Waals surface area (Å²) in [6.07, 6.45) is 5.76. The van der Waals surface area contributed by atoms with Gasteiger partial charge in [-0.3, -0.25) is 10.4 Å². The fraction of sp³-hybridized carbons (Fsp3) is 0.500. The topological polar surface area (TPSA) is 66.0 Å². The Labute approximate surface area is 96.0 Å². The quantitative estimate of drug-likeness (QED) is 0.596. The Morgan fingerprint density at radius 2 is 2.38 bits per heavy atom. The van der Waals surface area contributed by atoms with Crippen LogP contribution in [0, 0.1) is 11.3 Å². The second kappa shape index (κ2) is 4.51. The molecule has 0 amide bonds. The van der Waals surface area contributed by atoms with Crippen LogP contribution in [0.4, 0.5) is 5.69 Å². The van der Waals surface area contributed by atoms with Crippen LogP contribution in [0.15, 0.2) is 18.3 Å². The van der Waals surface area contributed by atoms with E-state index in [-0.39, 0.29) is 5.84 Å². The molecule has 1 aromatic heterocycles. The Kier molecular flexibility index (Phi) is 3.08. The third-order valence-electron chi connectivity index (χ3n) is 3.22. The summed E-state index contributed by atoms with van der Waals surface area (Å²) in [5.41, 5.74) is 7.07. The van der Waals surface area contributed by atoms with Gasteiger partial charge in [-0.15, -0.1) is 0 Å². The van der Waals surface area contributed by atoms with Gasteiger partial charge in [-0.1, -0.05) is 6.42 Å². The predicted molar refractivity (Wildman–Crippen MR) is 65.9 cm³/mol. The van der Waals surface area contributed by atoms with Crippen LogP contribution in [0.1, 0.15) is 25.0 Å². The molecule has 3 N–H and O–H groups in total. The molecule has 16 heavy (non-hydrogen) atoms. The molecule has 0 unspecified atom stereocenters. The molecule has 0 atom stereocenters. The van der Waals surface area contributed by atoms with Crippen LogP contribution >= 0.6 is 0 Å². The maximum absolute atomic E-state index is 7.36. The van der Waals surface area contributed by atoms with Gasteiger partial charge in [0.2, 0.25) is 0 Å². The highest BCUT2D eigenvalue weighted by Gasteiger charge is 2.19. The van der Waals surface area contributed by atoms with Crippen molar-refractivity contribution in [1.82, 2.24) is 4.98 Å². The summed E-state index contributed by atoms with van der Waals surface area (Å²) in [6, 6.07) is 3.84. The summed E-state index contributed by atoms with van der Waals surface area (Å²) in [7, 11) is 2.08. The maximum atomic E-state index is 7.36. The van der Waals surface area contributed by atoms with Crippen molar-refractivity contribution in [3.05, 3.63) is 24.0 Å². The molecule has 1 saturated carbocycles. The minimum Gasteiger partial charge on any atom is -0.382 e. The van der Waals surface area contributed by atoms with Gasteiger partial charge in [0.15, 0.2) is 0 Å². The van der Waals surface area contributed by atoms with Crippen LogP contribution in [0.5, 0.6) is 0 Å². The highest BCUT2D eigenvalue weighted by molar-refractivity contribution is 5.93. The van der Waals surface area contributed by atoms with Crippen LogP contribution in [0.3, 0.4) is 0 Å². The summed E-state index contributed by atoms with van der Waals surface area (Å²) in [6.45, 7) is 1.08. The SMILES string of the molecule is CN(CC1CCC1)c1ccnc(C(=N)N)c1. The van der Waals surface area contributed by atoms with Crippen LogP contribution in [0.2, 0.25) is 0 Å². The Hall–Kier alpha value is -1.58. The number of rotatable bonds is 4. The van der Waals surface area contributed by atoms with Crippen molar-refractivity contribution in [2.45, 2.75) is 19.3 Å². The lowest BCUT2D eigenvalue weighted by Crippen LogP contribution is -2.29. The van der Waals surface area contributed by atoms with Crippen molar-refractivity contribution in [2.24, 2.45) is 11.7 Å². The maximum Gasteiger partial charge on any atom is 0.141 e. The van der Waals surface area contributed by atoms with Crippen molar-refractivity contribution in [3.63, 3.8) is 0 Å². The van der Waals surface area contributed by atoms with E-state index in [1.54, 1.807) is 6.20 Å². The minimum atomic E-state index is 0.0268. The Morgan fingerprint density at radius 1 is 1.62 bits per heavy atom. The van der Waals surface area contributed by atoms with Crippen LogP contribution in [-0.4, -0.2) is 24.4 Å². The van der Waals surface area contributed by atoms with Crippen molar-refractivity contribution in [2.75, 3.05) is 18.5 Å². The van der Waals surface area contributed by atoms with Crippen LogP contribution in [0.25, 0.3) is 0 Å². The van der Waals surface area contributed by atoms with Gasteiger partial charge in [0, 0.05) is 25.5 Å². The zero-order chi connectivity index (χ0) is 11.5. The number of nitrogen functional groups attached to an aromatic ring is 1. The summed E-state index contributed by atoms with van der Waals surface area (Å²) in [5, 5.41) is 7.36. The lowest BCUT2D eigenvalue weighted by molar-refractivity contribution is 0.321. The van der Waals surface area contributed by atoms with E-state index in [9.17, 15) is 0 Å². The molecule has 0 aromatic carbocycles. The minimum absolute atomic E-state index is 0.0268. The predicted octanol–water partition coefficient (Wildman–Crippen LogP) is 1.60. The average molecular weight is 218 g/mol. The fourth-order valence-corrected chi connectivity index (χ4v) is 1.97. The normalized spacial score (nSPS) is 15.6. The molecule has 0 bridgehead atoms. The number of pyridine rings is 1. The molecule has 0 aliphatic heterocycles. The van der Waals surface area contributed by atoms with Crippen LogP contribution < -0.4 is 10.6 Å². The molecule has 1 heterocycles. The highest BCUT2D eigenvalue weighted by atomic mass is 15.1. The van der Waals surface area contributed by atoms with Crippen LogP contribution in [-0.2, 0) is 0 Å². The van der Waals surface area contributed by atoms with Gasteiger partial charge in [0.1, 0.15) is 11.5 Å². The number of amidine groups is 1. The number of nitrogens with two attached hydrogens (primary N) is 1. The molecule has 86 valence electrons. The largest absolute Gasteiger partial charge is 0.382 e. The van der Waals surface area contributed by atoms with E-state index >= 15 is 0 Å². The molecular formula is C12H18N4. The van der Waals surface area contributed by atoms with Gasteiger partial charge in [-0.05, 0) is 30.9 Å². The average Bonchev–Trinajstić information content (AvgIpc) is 2.23. The second-order valence-electron chi connectivity index (χ2n) is 4.49. The van der Waals surface area contributed by atoms with Gasteiger partial charge >= 0.3 is 0 Å². The molecule has 2 rings (SSSR count). The van der Waals surface area contributed by atoms with Gasteiger partial charge in [-0.2, -0.15) is 0 Å². The fourth-order valence-electron chi connectivity index (χ4n) is 1.97. The summed E-state index contributed by atoms with van der Waals surface area (Å²) in [4.78, 5) is 6.28. The first kappa shape index (κ1) is 10.9. The molecule has 1 aliphatic rings. The number of nitrogens with one attached hydrogen (secondary N) is 1. The lowest BCUT2D eigenvalue weighted by Gasteiger charge is -2.31. The molecule has 0 saturated heterocycles. The molecular weight excluding hydrogens is 200 g/mol. The van der Waals surface area contributed by atoms with Crippen molar-refractivity contribution < 1.29 is 0 Å². The summed E-state index contributed by atoms with van der Waals surface area (Å²) < 4.78 is 0. The number of aromatic nitrogens is 1. The number of hydrogen-bond donors (Lipinski definition) is 2. The smallest absolute Gasteiger partial charge is 0.141 e. The number of nitrogens with zero attached hydrogens (tertiary/aromatic N) is 2. The van der Waals surface area contributed by atoms with Crippen molar-refractivity contribution in [3.8, 4) is 0 Å². The zero-order valence-corrected chi connectivity index (χ0v) is 9.61. The van der Waals surface area contributed by atoms with Gasteiger partial charge < -0.3 is 10.6 Å². The van der Waals surface area contributed by atoms with E-state index in [0.29, 0.717) is 5.69 Å². The van der Waals surface area contributed by atoms with Gasteiger partial charge in [0.05, 0.1) is 0 Å². The van der Waals surface area contributed by atoms with E-state index in [2.05, 4.69) is 16.9 Å². The number of hydrogen-bond acceptors (Lipinski definition) is 3. The first-order valence-electron chi connectivity index (χ1n) is 5.68. The highest BCUT2D eigenvalue weighted by Crippen LogP contribution is 2.28. The van der Waals surface area contributed by atoms with E-state index in [1.165, 1.54) is 19.3 Å². The van der Waals surface area contributed by atoms with Crippen molar-refractivity contribution in [1.29, 1.82) is 5.41 Å². The standard InChI is InChI=1S/C12H18N4/c1-16(8-9-3-2-4-9)10-5-6-15-11(7-10)12(13)14/h5-7,9H,2-4,8H2,1H3,(H3,13,14). The molecule has 1 aromatic rings. The first-order chi connectivity index (χ1) is 7.66. The third kappa shape index (κ3) is 2.32. The Bertz CT molecular complexity index is 384. The lowest BCUT2D eigenvalue weighted by atomic mass is 9.85.